The molecule has 0 atom stereocenters. The second kappa shape index (κ2) is 7.70. The number of amides is 2. The first-order valence-electron chi connectivity index (χ1n) is 6.46. The van der Waals surface area contributed by atoms with Crippen LogP contribution in [0.1, 0.15) is 46.5 Å². The lowest BCUT2D eigenvalue weighted by atomic mass is 9.82. The lowest BCUT2D eigenvalue weighted by molar-refractivity contribution is -0.142. The standard InChI is InChI=1S/C13H23N3O2/c1-4-7-8-16(9-11(15)17)12(18)13(5-2,6-3)10-14/h4-9H2,1-3H3,(H2,15,17). The summed E-state index contributed by atoms with van der Waals surface area (Å²) in [6.07, 6.45) is 2.61. The number of carbonyl (C=O) groups excluding carboxylic acids is 2. The number of carbonyl (C=O) groups is 2. The monoisotopic (exact) mass is 253 g/mol. The van der Waals surface area contributed by atoms with E-state index < -0.39 is 11.3 Å². The van der Waals surface area contributed by atoms with Crippen LogP contribution in [0.2, 0.25) is 0 Å². The van der Waals surface area contributed by atoms with Crippen molar-refractivity contribution in [3.8, 4) is 6.07 Å². The maximum atomic E-state index is 12.4. The van der Waals surface area contributed by atoms with E-state index in [2.05, 4.69) is 6.07 Å². The van der Waals surface area contributed by atoms with E-state index in [1.807, 2.05) is 20.8 Å². The van der Waals surface area contributed by atoms with E-state index >= 15 is 0 Å². The van der Waals surface area contributed by atoms with E-state index in [0.717, 1.165) is 12.8 Å². The van der Waals surface area contributed by atoms with Crippen LogP contribution in [0.15, 0.2) is 0 Å². The summed E-state index contributed by atoms with van der Waals surface area (Å²) in [5.41, 5.74) is 4.13. The van der Waals surface area contributed by atoms with Crippen LogP contribution >= 0.6 is 0 Å². The Kier molecular flexibility index (Phi) is 7.03. The molecule has 0 saturated heterocycles. The molecule has 0 unspecified atom stereocenters. The molecule has 0 heterocycles. The van der Waals surface area contributed by atoms with Crippen molar-refractivity contribution >= 4 is 11.8 Å². The fourth-order valence-electron chi connectivity index (χ4n) is 1.85. The minimum Gasteiger partial charge on any atom is -0.368 e. The summed E-state index contributed by atoms with van der Waals surface area (Å²) >= 11 is 0. The maximum absolute atomic E-state index is 12.4. The van der Waals surface area contributed by atoms with Crippen LogP contribution in [0.3, 0.4) is 0 Å². The molecule has 0 fully saturated rings. The van der Waals surface area contributed by atoms with Gasteiger partial charge in [0, 0.05) is 6.54 Å². The lowest BCUT2D eigenvalue weighted by Gasteiger charge is -2.30. The predicted octanol–water partition coefficient (Wildman–Crippen LogP) is 1.43. The molecule has 0 aliphatic carbocycles. The first-order valence-corrected chi connectivity index (χ1v) is 6.46. The fraction of sp³-hybridized carbons (Fsp3) is 0.769. The van der Waals surface area contributed by atoms with Crippen molar-refractivity contribution in [1.82, 2.24) is 4.90 Å². The molecule has 0 radical (unpaired) electrons. The van der Waals surface area contributed by atoms with Crippen LogP contribution in [-0.2, 0) is 9.59 Å². The van der Waals surface area contributed by atoms with E-state index in [9.17, 15) is 14.9 Å². The molecule has 0 aromatic carbocycles. The quantitative estimate of drug-likeness (QED) is 0.709. The molecule has 0 aromatic rings. The number of primary amides is 1. The topological polar surface area (TPSA) is 87.2 Å². The van der Waals surface area contributed by atoms with Gasteiger partial charge in [-0.1, -0.05) is 27.2 Å². The van der Waals surface area contributed by atoms with Crippen LogP contribution in [0, 0.1) is 16.7 Å². The van der Waals surface area contributed by atoms with Gasteiger partial charge in [-0.3, -0.25) is 9.59 Å². The van der Waals surface area contributed by atoms with Gasteiger partial charge in [0.15, 0.2) is 0 Å². The molecule has 0 saturated carbocycles. The smallest absolute Gasteiger partial charge is 0.243 e. The third-order valence-electron chi connectivity index (χ3n) is 3.25. The summed E-state index contributed by atoms with van der Waals surface area (Å²) in [7, 11) is 0. The van der Waals surface area contributed by atoms with E-state index in [-0.39, 0.29) is 12.5 Å². The van der Waals surface area contributed by atoms with Gasteiger partial charge in [0.2, 0.25) is 11.8 Å². The molecule has 2 amide bonds. The van der Waals surface area contributed by atoms with E-state index in [1.165, 1.54) is 4.90 Å². The van der Waals surface area contributed by atoms with Crippen molar-refractivity contribution in [3.05, 3.63) is 0 Å². The molecule has 0 rings (SSSR count). The van der Waals surface area contributed by atoms with Crippen LogP contribution in [0.5, 0.6) is 0 Å². The minimum absolute atomic E-state index is 0.109. The third-order valence-corrected chi connectivity index (χ3v) is 3.25. The van der Waals surface area contributed by atoms with Gasteiger partial charge in [-0.25, -0.2) is 0 Å². The highest BCUT2D eigenvalue weighted by molar-refractivity contribution is 5.89. The van der Waals surface area contributed by atoms with Crippen molar-refractivity contribution in [3.63, 3.8) is 0 Å². The van der Waals surface area contributed by atoms with Crippen LogP contribution in [0.4, 0.5) is 0 Å². The normalized spacial score (nSPS) is 10.8. The second-order valence-corrected chi connectivity index (χ2v) is 4.45. The Labute approximate surface area is 109 Å². The lowest BCUT2D eigenvalue weighted by Crippen LogP contribution is -2.46. The fourth-order valence-corrected chi connectivity index (χ4v) is 1.85. The average molecular weight is 253 g/mol. The zero-order valence-electron chi connectivity index (χ0n) is 11.5. The van der Waals surface area contributed by atoms with Crippen LogP contribution in [-0.4, -0.2) is 29.8 Å². The van der Waals surface area contributed by atoms with Crippen LogP contribution in [0.25, 0.3) is 0 Å². The minimum atomic E-state index is -1.02. The Morgan fingerprint density at radius 1 is 1.28 bits per heavy atom. The molecular formula is C13H23N3O2. The number of nitrogens with zero attached hydrogens (tertiary/aromatic N) is 2. The van der Waals surface area contributed by atoms with Gasteiger partial charge < -0.3 is 10.6 Å². The number of hydrogen-bond acceptors (Lipinski definition) is 3. The molecule has 5 heteroatoms. The van der Waals surface area contributed by atoms with Gasteiger partial charge in [0.05, 0.1) is 12.6 Å². The Hall–Kier alpha value is -1.57. The van der Waals surface area contributed by atoms with Crippen molar-refractivity contribution < 1.29 is 9.59 Å². The third kappa shape index (κ3) is 4.02. The molecule has 0 bridgehead atoms. The highest BCUT2D eigenvalue weighted by Gasteiger charge is 2.38. The maximum Gasteiger partial charge on any atom is 0.243 e. The summed E-state index contributed by atoms with van der Waals surface area (Å²) < 4.78 is 0. The summed E-state index contributed by atoms with van der Waals surface area (Å²) in [6, 6.07) is 2.10. The first-order chi connectivity index (χ1) is 8.47. The number of nitrogens with two attached hydrogens (primary N) is 1. The van der Waals surface area contributed by atoms with Gasteiger partial charge in [-0.2, -0.15) is 5.26 Å². The number of nitriles is 1. The molecule has 5 nitrogen and oxygen atoms in total. The number of hydrogen-bond donors (Lipinski definition) is 1. The zero-order chi connectivity index (χ0) is 14.2. The summed E-state index contributed by atoms with van der Waals surface area (Å²) in [4.78, 5) is 24.8. The molecule has 2 N–H and O–H groups in total. The highest BCUT2D eigenvalue weighted by Crippen LogP contribution is 2.28. The molecule has 0 aliphatic rings. The van der Waals surface area contributed by atoms with E-state index in [0.29, 0.717) is 19.4 Å². The van der Waals surface area contributed by atoms with Crippen LogP contribution < -0.4 is 5.73 Å². The molecule has 102 valence electrons. The van der Waals surface area contributed by atoms with Gasteiger partial charge in [0.25, 0.3) is 0 Å². The largest absolute Gasteiger partial charge is 0.368 e. The average Bonchev–Trinajstić information content (AvgIpc) is 2.36. The van der Waals surface area contributed by atoms with E-state index in [1.54, 1.807) is 0 Å². The zero-order valence-corrected chi connectivity index (χ0v) is 11.5. The van der Waals surface area contributed by atoms with Gasteiger partial charge in [-0.05, 0) is 19.3 Å². The van der Waals surface area contributed by atoms with Crippen molar-refractivity contribution in [2.75, 3.05) is 13.1 Å². The number of rotatable bonds is 8. The Morgan fingerprint density at radius 3 is 2.17 bits per heavy atom. The summed E-state index contributed by atoms with van der Waals surface area (Å²) in [6.45, 7) is 5.99. The van der Waals surface area contributed by atoms with E-state index in [4.69, 9.17) is 5.73 Å². The van der Waals surface area contributed by atoms with Gasteiger partial charge in [0.1, 0.15) is 5.41 Å². The van der Waals surface area contributed by atoms with Crippen molar-refractivity contribution in [2.45, 2.75) is 46.5 Å². The SMILES string of the molecule is CCCCN(CC(N)=O)C(=O)C(C#N)(CC)CC. The Balaban J connectivity index is 5.03. The van der Waals surface area contributed by atoms with Gasteiger partial charge >= 0.3 is 0 Å². The molecule has 18 heavy (non-hydrogen) atoms. The summed E-state index contributed by atoms with van der Waals surface area (Å²) in [5.74, 6) is -0.819. The van der Waals surface area contributed by atoms with Crippen molar-refractivity contribution in [2.24, 2.45) is 11.1 Å². The predicted molar refractivity (Wildman–Crippen MR) is 69.3 cm³/mol. The Morgan fingerprint density at radius 2 is 1.83 bits per heavy atom. The van der Waals surface area contributed by atoms with Crippen molar-refractivity contribution in [1.29, 1.82) is 5.26 Å². The Bertz CT molecular complexity index is 330. The molecule has 0 spiro atoms. The first kappa shape index (κ1) is 16.4. The highest BCUT2D eigenvalue weighted by atomic mass is 16.2. The summed E-state index contributed by atoms with van der Waals surface area (Å²) in [5, 5.41) is 9.24. The second-order valence-electron chi connectivity index (χ2n) is 4.45. The van der Waals surface area contributed by atoms with Gasteiger partial charge in [-0.15, -0.1) is 0 Å². The molecule has 0 aromatic heterocycles. The molecule has 0 aliphatic heterocycles. The number of unbranched alkanes of at least 4 members (excludes halogenated alkanes) is 1. The molecular weight excluding hydrogens is 230 g/mol.